The van der Waals surface area contributed by atoms with Crippen molar-refractivity contribution in [1.29, 1.82) is 0 Å². The molecule has 3 aromatic heterocycles. The molecule has 1 aliphatic heterocycles. The van der Waals surface area contributed by atoms with E-state index in [0.717, 1.165) is 41.6 Å². The van der Waals surface area contributed by atoms with Crippen LogP contribution in [-0.4, -0.2) is 61.7 Å². The largest absolute Gasteiger partial charge is 0.353 e. The fraction of sp³-hybridized carbons (Fsp3) is 0.321. The summed E-state index contributed by atoms with van der Waals surface area (Å²) in [5.41, 5.74) is 4.20. The second-order valence-corrected chi connectivity index (χ2v) is 9.48. The van der Waals surface area contributed by atoms with Gasteiger partial charge in [-0.2, -0.15) is 5.10 Å². The number of aryl methyl sites for hydroxylation is 1. The Kier molecular flexibility index (Phi) is 6.75. The van der Waals surface area contributed by atoms with Crippen LogP contribution in [0.3, 0.4) is 0 Å². The third kappa shape index (κ3) is 5.12. The summed E-state index contributed by atoms with van der Waals surface area (Å²) in [6, 6.07) is 16.0. The van der Waals surface area contributed by atoms with Crippen LogP contribution in [0.4, 0.5) is 5.82 Å². The monoisotopic (exact) mass is 481 g/mol. The normalized spacial score (nSPS) is 13.9. The zero-order valence-electron chi connectivity index (χ0n) is 21.0. The van der Waals surface area contributed by atoms with Gasteiger partial charge in [-0.05, 0) is 24.6 Å². The van der Waals surface area contributed by atoms with Gasteiger partial charge in [0, 0.05) is 68.0 Å². The van der Waals surface area contributed by atoms with Crippen LogP contribution >= 0.6 is 0 Å². The van der Waals surface area contributed by atoms with Crippen molar-refractivity contribution < 1.29 is 4.79 Å². The molecule has 1 fully saturated rings. The number of hydrogen-bond donors (Lipinski definition) is 0. The van der Waals surface area contributed by atoms with E-state index in [4.69, 9.17) is 10.1 Å². The Hall–Kier alpha value is -4.07. The molecule has 1 aliphatic rings. The van der Waals surface area contributed by atoms with Crippen LogP contribution in [0.25, 0.3) is 11.3 Å². The van der Waals surface area contributed by atoms with E-state index in [2.05, 4.69) is 40.8 Å². The molecule has 8 heteroatoms. The van der Waals surface area contributed by atoms with E-state index >= 15 is 0 Å². The highest BCUT2D eigenvalue weighted by atomic mass is 16.2. The summed E-state index contributed by atoms with van der Waals surface area (Å²) in [5, 5.41) is 4.79. The molecule has 4 heterocycles. The quantitative estimate of drug-likeness (QED) is 0.411. The fourth-order valence-electron chi connectivity index (χ4n) is 4.45. The van der Waals surface area contributed by atoms with Crippen molar-refractivity contribution >= 4 is 11.7 Å². The maximum absolute atomic E-state index is 13.7. The lowest BCUT2D eigenvalue weighted by Crippen LogP contribution is -2.49. The topological polar surface area (TPSA) is 80.0 Å². The molecule has 0 N–H and O–H groups in total. The van der Waals surface area contributed by atoms with Gasteiger partial charge >= 0.3 is 0 Å². The number of anilines is 1. The smallest absolute Gasteiger partial charge is 0.257 e. The maximum Gasteiger partial charge on any atom is 0.257 e. The van der Waals surface area contributed by atoms with E-state index in [1.807, 2.05) is 59.1 Å². The highest BCUT2D eigenvalue weighted by Crippen LogP contribution is 2.25. The zero-order valence-corrected chi connectivity index (χ0v) is 21.0. The van der Waals surface area contributed by atoms with Gasteiger partial charge in [0.25, 0.3) is 5.91 Å². The molecule has 5 rings (SSSR count). The number of hydrogen-bond acceptors (Lipinski definition) is 6. The lowest BCUT2D eigenvalue weighted by molar-refractivity contribution is 0.0747. The number of aromatic nitrogens is 5. The van der Waals surface area contributed by atoms with Crippen LogP contribution in [0, 0.1) is 6.92 Å². The molecule has 1 amide bonds. The van der Waals surface area contributed by atoms with Crippen LogP contribution in [-0.2, 0) is 6.54 Å². The minimum atomic E-state index is -0.00504. The summed E-state index contributed by atoms with van der Waals surface area (Å²) in [6.45, 7) is 9.49. The van der Waals surface area contributed by atoms with Crippen molar-refractivity contribution in [2.45, 2.75) is 33.2 Å². The van der Waals surface area contributed by atoms with E-state index in [1.54, 1.807) is 12.4 Å². The number of nitrogens with zero attached hydrogens (tertiary/aromatic N) is 7. The van der Waals surface area contributed by atoms with Crippen molar-refractivity contribution in [3.8, 4) is 11.3 Å². The van der Waals surface area contributed by atoms with Crippen LogP contribution in [0.5, 0.6) is 0 Å². The van der Waals surface area contributed by atoms with E-state index in [-0.39, 0.29) is 11.8 Å². The van der Waals surface area contributed by atoms with E-state index in [9.17, 15) is 4.79 Å². The summed E-state index contributed by atoms with van der Waals surface area (Å²) in [6.07, 6.45) is 5.35. The summed E-state index contributed by atoms with van der Waals surface area (Å²) in [4.78, 5) is 31.4. The number of amides is 1. The first-order valence-corrected chi connectivity index (χ1v) is 12.4. The van der Waals surface area contributed by atoms with Crippen LogP contribution < -0.4 is 4.90 Å². The molecule has 0 aliphatic carbocycles. The number of carbonyl (C=O) groups excluding carboxylic acids is 1. The van der Waals surface area contributed by atoms with Gasteiger partial charge in [-0.3, -0.25) is 14.5 Å². The van der Waals surface area contributed by atoms with Gasteiger partial charge in [-0.25, -0.2) is 9.97 Å². The Balaban J connectivity index is 1.36. The molecule has 0 saturated carbocycles. The lowest BCUT2D eigenvalue weighted by atomic mass is 10.1. The second kappa shape index (κ2) is 10.3. The van der Waals surface area contributed by atoms with Gasteiger partial charge in [-0.1, -0.05) is 44.2 Å². The van der Waals surface area contributed by atoms with Gasteiger partial charge in [0.2, 0.25) is 0 Å². The van der Waals surface area contributed by atoms with Crippen molar-refractivity contribution in [3.63, 3.8) is 0 Å². The van der Waals surface area contributed by atoms with Crippen molar-refractivity contribution in [3.05, 3.63) is 89.8 Å². The molecule has 0 spiro atoms. The summed E-state index contributed by atoms with van der Waals surface area (Å²) in [7, 11) is 0. The van der Waals surface area contributed by atoms with E-state index in [0.29, 0.717) is 30.9 Å². The first kappa shape index (κ1) is 23.7. The minimum absolute atomic E-state index is 0.00504. The third-order valence-electron chi connectivity index (χ3n) is 6.38. The van der Waals surface area contributed by atoms with Crippen molar-refractivity contribution in [2.24, 2.45) is 0 Å². The molecule has 1 saturated heterocycles. The lowest BCUT2D eigenvalue weighted by Gasteiger charge is -2.35. The third-order valence-corrected chi connectivity index (χ3v) is 6.38. The standard InChI is InChI=1S/C28H31N7O/c1-20(2)27-30-21(3)16-25(31-27)33-12-14-34(15-13-33)28(36)24-19-35(18-22-8-5-4-6-9-22)32-26(24)23-10-7-11-29-17-23/h4-11,16-17,19-20H,12-15,18H2,1-3H3. The summed E-state index contributed by atoms with van der Waals surface area (Å²) in [5.74, 6) is 2.06. The van der Waals surface area contributed by atoms with Gasteiger partial charge in [0.1, 0.15) is 17.3 Å². The molecule has 8 nitrogen and oxygen atoms in total. The number of rotatable bonds is 6. The average Bonchev–Trinajstić information content (AvgIpc) is 3.33. The SMILES string of the molecule is Cc1cc(N2CCN(C(=O)c3cn(Cc4ccccc4)nc3-c3cccnc3)CC2)nc(C(C)C)n1. The van der Waals surface area contributed by atoms with Crippen LogP contribution in [0.15, 0.2) is 67.1 Å². The molecule has 1 aromatic carbocycles. The first-order valence-electron chi connectivity index (χ1n) is 12.4. The van der Waals surface area contributed by atoms with E-state index in [1.165, 1.54) is 0 Å². The van der Waals surface area contributed by atoms with Crippen molar-refractivity contribution in [1.82, 2.24) is 29.6 Å². The molecule has 0 bridgehead atoms. The highest BCUT2D eigenvalue weighted by Gasteiger charge is 2.27. The Bertz CT molecular complexity index is 1330. The maximum atomic E-state index is 13.7. The predicted octanol–water partition coefficient (Wildman–Crippen LogP) is 4.18. The van der Waals surface area contributed by atoms with Gasteiger partial charge in [-0.15, -0.1) is 0 Å². The summed E-state index contributed by atoms with van der Waals surface area (Å²) < 4.78 is 1.85. The Morgan fingerprint density at radius 1 is 1.00 bits per heavy atom. The highest BCUT2D eigenvalue weighted by molar-refractivity contribution is 5.99. The Morgan fingerprint density at radius 2 is 1.78 bits per heavy atom. The van der Waals surface area contributed by atoms with Gasteiger partial charge in [0.15, 0.2) is 0 Å². The molecule has 4 aromatic rings. The Labute approximate surface area is 211 Å². The zero-order chi connectivity index (χ0) is 25.1. The second-order valence-electron chi connectivity index (χ2n) is 9.48. The molecule has 36 heavy (non-hydrogen) atoms. The number of piperazine rings is 1. The van der Waals surface area contributed by atoms with Crippen LogP contribution in [0.1, 0.15) is 47.2 Å². The average molecular weight is 482 g/mol. The molecule has 0 radical (unpaired) electrons. The summed E-state index contributed by atoms with van der Waals surface area (Å²) >= 11 is 0. The van der Waals surface area contributed by atoms with E-state index < -0.39 is 0 Å². The Morgan fingerprint density at radius 3 is 2.47 bits per heavy atom. The number of pyridine rings is 1. The van der Waals surface area contributed by atoms with Gasteiger partial charge < -0.3 is 9.80 Å². The molecule has 0 unspecified atom stereocenters. The number of benzene rings is 1. The van der Waals surface area contributed by atoms with Crippen LogP contribution in [0.2, 0.25) is 0 Å². The predicted molar refractivity (Wildman–Crippen MR) is 140 cm³/mol. The number of carbonyl (C=O) groups is 1. The van der Waals surface area contributed by atoms with Gasteiger partial charge in [0.05, 0.1) is 12.1 Å². The fourth-order valence-corrected chi connectivity index (χ4v) is 4.45. The van der Waals surface area contributed by atoms with Crippen molar-refractivity contribution in [2.75, 3.05) is 31.1 Å². The molecular formula is C28H31N7O. The first-order chi connectivity index (χ1) is 17.5. The molecule has 0 atom stereocenters. The molecular weight excluding hydrogens is 450 g/mol. The minimum Gasteiger partial charge on any atom is -0.353 e. The molecule has 184 valence electrons.